The van der Waals surface area contributed by atoms with Crippen molar-refractivity contribution in [1.82, 2.24) is 4.90 Å². The van der Waals surface area contributed by atoms with E-state index in [2.05, 4.69) is 18.7 Å². The lowest BCUT2D eigenvalue weighted by atomic mass is 10.5. The van der Waals surface area contributed by atoms with Crippen molar-refractivity contribution in [2.24, 2.45) is 0 Å². The predicted molar refractivity (Wildman–Crippen MR) is 63.5 cm³/mol. The number of hydrogen-bond donors (Lipinski definition) is 0. The summed E-state index contributed by atoms with van der Waals surface area (Å²) >= 11 is 0. The van der Waals surface area contributed by atoms with E-state index in [4.69, 9.17) is 9.05 Å². The molecule has 0 aromatic heterocycles. The van der Waals surface area contributed by atoms with E-state index in [-0.39, 0.29) is 6.10 Å². The van der Waals surface area contributed by atoms with Gasteiger partial charge in [-0.3, -0.25) is 4.57 Å². The van der Waals surface area contributed by atoms with Gasteiger partial charge in [0.05, 0.1) is 12.7 Å². The van der Waals surface area contributed by atoms with Crippen molar-refractivity contribution in [2.45, 2.75) is 33.8 Å². The molecule has 0 amide bonds. The maximum atomic E-state index is 11.7. The molecular formula is C10H24NO3P. The minimum atomic E-state index is -2.85. The number of hydrogen-bond acceptors (Lipinski definition) is 4. The molecular weight excluding hydrogens is 213 g/mol. The van der Waals surface area contributed by atoms with Crippen LogP contribution < -0.4 is 0 Å². The zero-order valence-electron chi connectivity index (χ0n) is 10.5. The average Bonchev–Trinajstić information content (AvgIpc) is 2.10. The molecule has 92 valence electrons. The topological polar surface area (TPSA) is 38.8 Å². The number of likely N-dealkylation sites (N-methyl/N-ethyl adjacent to an activating group) is 1. The van der Waals surface area contributed by atoms with Gasteiger partial charge in [-0.05, 0) is 26.9 Å². The molecule has 0 rings (SSSR count). The van der Waals surface area contributed by atoms with Crippen molar-refractivity contribution in [3.8, 4) is 0 Å². The summed E-state index contributed by atoms with van der Waals surface area (Å²) in [7, 11) is -2.85. The standard InChI is InChI=1S/C10H24NO3P/c1-6-11(7-2)8-9-13-15(5,12)14-10(3)4/h10H,6-9H2,1-5H3. The summed E-state index contributed by atoms with van der Waals surface area (Å²) in [6.07, 6.45) is -0.0608. The van der Waals surface area contributed by atoms with Gasteiger partial charge in [-0.25, -0.2) is 0 Å². The highest BCUT2D eigenvalue weighted by Crippen LogP contribution is 2.44. The quantitative estimate of drug-likeness (QED) is 0.608. The van der Waals surface area contributed by atoms with Gasteiger partial charge in [0.1, 0.15) is 0 Å². The van der Waals surface area contributed by atoms with Crippen molar-refractivity contribution in [1.29, 1.82) is 0 Å². The predicted octanol–water partition coefficient (Wildman–Crippen LogP) is 2.59. The summed E-state index contributed by atoms with van der Waals surface area (Å²) < 4.78 is 22.2. The maximum Gasteiger partial charge on any atom is 0.327 e. The Bertz CT molecular complexity index is 205. The Morgan fingerprint density at radius 2 is 1.80 bits per heavy atom. The highest BCUT2D eigenvalue weighted by atomic mass is 31.2. The van der Waals surface area contributed by atoms with E-state index in [0.717, 1.165) is 19.6 Å². The van der Waals surface area contributed by atoms with Crippen molar-refractivity contribution in [3.63, 3.8) is 0 Å². The van der Waals surface area contributed by atoms with E-state index in [9.17, 15) is 4.57 Å². The molecule has 1 atom stereocenters. The third-order valence-electron chi connectivity index (χ3n) is 2.03. The van der Waals surface area contributed by atoms with Gasteiger partial charge in [-0.15, -0.1) is 0 Å². The molecule has 0 heterocycles. The lowest BCUT2D eigenvalue weighted by Gasteiger charge is -2.20. The van der Waals surface area contributed by atoms with Gasteiger partial charge in [0.2, 0.25) is 0 Å². The Balaban J connectivity index is 3.79. The number of rotatable bonds is 8. The van der Waals surface area contributed by atoms with E-state index in [1.165, 1.54) is 6.66 Å². The van der Waals surface area contributed by atoms with Gasteiger partial charge < -0.3 is 13.9 Å². The molecule has 0 aliphatic carbocycles. The summed E-state index contributed by atoms with van der Waals surface area (Å²) in [6.45, 7) is 12.6. The summed E-state index contributed by atoms with van der Waals surface area (Å²) in [5.74, 6) is 0. The fourth-order valence-electron chi connectivity index (χ4n) is 1.29. The summed E-state index contributed by atoms with van der Waals surface area (Å²) in [5, 5.41) is 0. The van der Waals surface area contributed by atoms with Crippen molar-refractivity contribution in [3.05, 3.63) is 0 Å². The highest BCUT2D eigenvalue weighted by molar-refractivity contribution is 7.53. The largest absolute Gasteiger partial charge is 0.327 e. The fraction of sp³-hybridized carbons (Fsp3) is 1.00. The van der Waals surface area contributed by atoms with E-state index in [1.807, 2.05) is 13.8 Å². The molecule has 0 radical (unpaired) electrons. The zero-order valence-corrected chi connectivity index (χ0v) is 11.4. The van der Waals surface area contributed by atoms with E-state index < -0.39 is 7.60 Å². The average molecular weight is 237 g/mol. The normalized spacial score (nSPS) is 15.9. The second kappa shape index (κ2) is 7.39. The van der Waals surface area contributed by atoms with Gasteiger partial charge in [-0.2, -0.15) is 0 Å². The van der Waals surface area contributed by atoms with Gasteiger partial charge in [0.15, 0.2) is 0 Å². The lowest BCUT2D eigenvalue weighted by molar-refractivity contribution is 0.155. The Morgan fingerprint density at radius 1 is 1.27 bits per heavy atom. The Hall–Kier alpha value is 0.110. The molecule has 15 heavy (non-hydrogen) atoms. The molecule has 0 spiro atoms. The van der Waals surface area contributed by atoms with Crippen molar-refractivity contribution >= 4 is 7.60 Å². The third-order valence-corrected chi connectivity index (χ3v) is 3.49. The van der Waals surface area contributed by atoms with Crippen molar-refractivity contribution in [2.75, 3.05) is 32.9 Å². The second-order valence-corrected chi connectivity index (χ2v) is 5.80. The molecule has 1 unspecified atom stereocenters. The monoisotopic (exact) mass is 237 g/mol. The van der Waals surface area contributed by atoms with E-state index >= 15 is 0 Å². The van der Waals surface area contributed by atoms with Crippen LogP contribution in [0.25, 0.3) is 0 Å². The van der Waals surface area contributed by atoms with Crippen LogP contribution in [-0.4, -0.2) is 43.9 Å². The lowest BCUT2D eigenvalue weighted by Crippen LogP contribution is -2.26. The second-order valence-electron chi connectivity index (χ2n) is 3.79. The van der Waals surface area contributed by atoms with Crippen LogP contribution in [0.5, 0.6) is 0 Å². The highest BCUT2D eigenvalue weighted by Gasteiger charge is 2.18. The Kier molecular flexibility index (Phi) is 7.45. The number of nitrogens with zero attached hydrogens (tertiary/aromatic N) is 1. The van der Waals surface area contributed by atoms with Crippen LogP contribution in [0.15, 0.2) is 0 Å². The van der Waals surface area contributed by atoms with Crippen LogP contribution in [0.1, 0.15) is 27.7 Å². The van der Waals surface area contributed by atoms with Gasteiger partial charge in [0, 0.05) is 13.2 Å². The van der Waals surface area contributed by atoms with Crippen LogP contribution in [0.4, 0.5) is 0 Å². The maximum absolute atomic E-state index is 11.7. The first-order valence-electron chi connectivity index (χ1n) is 5.54. The first-order valence-corrected chi connectivity index (χ1v) is 7.53. The molecule has 0 saturated carbocycles. The van der Waals surface area contributed by atoms with Crippen LogP contribution in [0.2, 0.25) is 0 Å². The van der Waals surface area contributed by atoms with Crippen LogP contribution in [0, 0.1) is 0 Å². The molecule has 4 nitrogen and oxygen atoms in total. The molecule has 0 fully saturated rings. The SMILES string of the molecule is CCN(CC)CCOP(C)(=O)OC(C)C. The van der Waals surface area contributed by atoms with Crippen molar-refractivity contribution < 1.29 is 13.6 Å². The smallest absolute Gasteiger partial charge is 0.307 e. The Morgan fingerprint density at radius 3 is 2.20 bits per heavy atom. The first kappa shape index (κ1) is 15.1. The summed E-state index contributed by atoms with van der Waals surface area (Å²) in [5.41, 5.74) is 0. The molecule has 0 bridgehead atoms. The molecule has 0 aromatic carbocycles. The van der Waals surface area contributed by atoms with Crippen LogP contribution >= 0.6 is 7.60 Å². The van der Waals surface area contributed by atoms with Gasteiger partial charge in [-0.1, -0.05) is 13.8 Å². The van der Waals surface area contributed by atoms with E-state index in [1.54, 1.807) is 0 Å². The van der Waals surface area contributed by atoms with Crippen LogP contribution in [-0.2, 0) is 13.6 Å². The summed E-state index contributed by atoms with van der Waals surface area (Å²) in [4.78, 5) is 2.22. The molecule has 0 N–H and O–H groups in total. The molecule has 5 heteroatoms. The third kappa shape index (κ3) is 7.97. The minimum Gasteiger partial charge on any atom is -0.307 e. The van der Waals surface area contributed by atoms with E-state index in [0.29, 0.717) is 6.61 Å². The van der Waals surface area contributed by atoms with Crippen LogP contribution in [0.3, 0.4) is 0 Å². The summed E-state index contributed by atoms with van der Waals surface area (Å²) in [6, 6.07) is 0. The molecule has 0 aromatic rings. The first-order chi connectivity index (χ1) is 6.91. The Labute approximate surface area is 93.5 Å². The van der Waals surface area contributed by atoms with Gasteiger partial charge >= 0.3 is 7.60 Å². The molecule has 0 saturated heterocycles. The fourth-order valence-corrected chi connectivity index (χ4v) is 2.53. The van der Waals surface area contributed by atoms with Gasteiger partial charge in [0.25, 0.3) is 0 Å². The zero-order chi connectivity index (χ0) is 11.9. The minimum absolute atomic E-state index is 0.0608. The molecule has 0 aliphatic rings. The molecule has 0 aliphatic heterocycles.